The number of rotatable bonds is 3. The summed E-state index contributed by atoms with van der Waals surface area (Å²) in [6, 6.07) is 6.18. The van der Waals surface area contributed by atoms with E-state index in [-0.39, 0.29) is 23.7 Å². The Morgan fingerprint density at radius 3 is 2.86 bits per heavy atom. The van der Waals surface area contributed by atoms with E-state index < -0.39 is 11.7 Å². The van der Waals surface area contributed by atoms with Crippen LogP contribution in [0.3, 0.4) is 0 Å². The molecule has 0 spiro atoms. The molecule has 5 nitrogen and oxygen atoms in total. The Balaban J connectivity index is 2.16. The molecule has 1 aromatic carbocycles. The maximum Gasteiger partial charge on any atom is 0.257 e. The Morgan fingerprint density at radius 1 is 1.36 bits per heavy atom. The molecule has 3 rings (SSSR count). The zero-order chi connectivity index (χ0) is 15.7. The molecule has 1 aromatic heterocycles. The SMILES string of the molecule is CCSc1nc2c(c(=O)[nH]1)[C@H](c1ccccc1F)CC(=O)N2. The van der Waals surface area contributed by atoms with Gasteiger partial charge in [0.15, 0.2) is 5.16 Å². The third kappa shape index (κ3) is 2.64. The molecule has 22 heavy (non-hydrogen) atoms. The number of amides is 1. The molecule has 0 saturated heterocycles. The third-order valence-electron chi connectivity index (χ3n) is 3.49. The molecule has 1 atom stereocenters. The van der Waals surface area contributed by atoms with Gasteiger partial charge in [0.25, 0.3) is 5.56 Å². The first-order valence-electron chi connectivity index (χ1n) is 6.91. The number of carbonyl (C=O) groups excluding carboxylic acids is 1. The monoisotopic (exact) mass is 319 g/mol. The van der Waals surface area contributed by atoms with Crippen LogP contribution in [0, 0.1) is 5.82 Å². The van der Waals surface area contributed by atoms with E-state index in [4.69, 9.17) is 0 Å². The maximum atomic E-state index is 14.1. The lowest BCUT2D eigenvalue weighted by molar-refractivity contribution is -0.116. The highest BCUT2D eigenvalue weighted by atomic mass is 32.2. The number of anilines is 1. The minimum atomic E-state index is -0.623. The van der Waals surface area contributed by atoms with Gasteiger partial charge >= 0.3 is 0 Å². The minimum Gasteiger partial charge on any atom is -0.310 e. The predicted octanol–water partition coefficient (Wildman–Crippen LogP) is 2.50. The largest absolute Gasteiger partial charge is 0.310 e. The number of nitrogens with one attached hydrogen (secondary N) is 2. The molecule has 1 aliphatic heterocycles. The van der Waals surface area contributed by atoms with Crippen LogP contribution in [0.4, 0.5) is 10.2 Å². The average Bonchev–Trinajstić information content (AvgIpc) is 2.46. The molecule has 114 valence electrons. The third-order valence-corrected chi connectivity index (χ3v) is 4.25. The standard InChI is InChI=1S/C15H14FN3O2S/c1-2-22-15-18-13-12(14(21)19-15)9(7-11(20)17-13)8-5-3-4-6-10(8)16/h3-6,9H,2,7H2,1H3,(H2,17,18,19,20,21)/t9-/m0/s1. The van der Waals surface area contributed by atoms with Crippen molar-refractivity contribution in [3.63, 3.8) is 0 Å². The van der Waals surface area contributed by atoms with Gasteiger partial charge in [-0.2, -0.15) is 0 Å². The van der Waals surface area contributed by atoms with Crippen molar-refractivity contribution in [3.8, 4) is 0 Å². The van der Waals surface area contributed by atoms with E-state index in [0.717, 1.165) is 5.75 Å². The second-order valence-corrected chi connectivity index (χ2v) is 6.15. The number of aromatic amines is 1. The van der Waals surface area contributed by atoms with Gasteiger partial charge in [-0.1, -0.05) is 36.9 Å². The van der Waals surface area contributed by atoms with Crippen LogP contribution in [0.5, 0.6) is 0 Å². The summed E-state index contributed by atoms with van der Waals surface area (Å²) in [5.74, 6) is -0.358. The van der Waals surface area contributed by atoms with Crippen LogP contribution in [0.15, 0.2) is 34.2 Å². The molecule has 0 bridgehead atoms. The van der Waals surface area contributed by atoms with Gasteiger partial charge < -0.3 is 10.3 Å². The summed E-state index contributed by atoms with van der Waals surface area (Å²) in [5.41, 5.74) is 0.307. The minimum absolute atomic E-state index is 0.0267. The Hall–Kier alpha value is -2.15. The van der Waals surface area contributed by atoms with Crippen molar-refractivity contribution in [2.24, 2.45) is 0 Å². The first kappa shape index (κ1) is 14.8. The molecule has 2 heterocycles. The fourth-order valence-corrected chi connectivity index (χ4v) is 3.17. The van der Waals surface area contributed by atoms with Crippen molar-refractivity contribution in [3.05, 3.63) is 51.6 Å². The van der Waals surface area contributed by atoms with Gasteiger partial charge in [0.05, 0.1) is 5.56 Å². The molecular formula is C15H14FN3O2S. The smallest absolute Gasteiger partial charge is 0.257 e. The lowest BCUT2D eigenvalue weighted by Crippen LogP contribution is -2.31. The number of benzene rings is 1. The summed E-state index contributed by atoms with van der Waals surface area (Å²) < 4.78 is 14.1. The molecule has 7 heteroatoms. The van der Waals surface area contributed by atoms with E-state index in [1.165, 1.54) is 17.8 Å². The van der Waals surface area contributed by atoms with Crippen molar-refractivity contribution in [1.82, 2.24) is 9.97 Å². The van der Waals surface area contributed by atoms with Crippen molar-refractivity contribution in [2.75, 3.05) is 11.1 Å². The second-order valence-electron chi connectivity index (χ2n) is 4.89. The van der Waals surface area contributed by atoms with Crippen LogP contribution in [0.2, 0.25) is 0 Å². The van der Waals surface area contributed by atoms with Crippen LogP contribution in [-0.4, -0.2) is 21.6 Å². The van der Waals surface area contributed by atoms with E-state index >= 15 is 0 Å². The van der Waals surface area contributed by atoms with Crippen molar-refractivity contribution in [2.45, 2.75) is 24.4 Å². The summed E-state index contributed by atoms with van der Waals surface area (Å²) in [6.45, 7) is 1.94. The zero-order valence-electron chi connectivity index (χ0n) is 11.9. The highest BCUT2D eigenvalue weighted by Gasteiger charge is 2.32. The van der Waals surface area contributed by atoms with Gasteiger partial charge in [0.1, 0.15) is 11.6 Å². The van der Waals surface area contributed by atoms with Crippen LogP contribution in [0.25, 0.3) is 0 Å². The molecule has 2 N–H and O–H groups in total. The number of H-pyrrole nitrogens is 1. The fourth-order valence-electron chi connectivity index (χ4n) is 2.58. The van der Waals surface area contributed by atoms with E-state index in [0.29, 0.717) is 16.3 Å². The lowest BCUT2D eigenvalue weighted by atomic mass is 9.86. The summed E-state index contributed by atoms with van der Waals surface area (Å²) in [6.07, 6.45) is 0.0267. The Labute approximate surface area is 130 Å². The molecule has 1 amide bonds. The van der Waals surface area contributed by atoms with Crippen molar-refractivity contribution in [1.29, 1.82) is 0 Å². The quantitative estimate of drug-likeness (QED) is 0.673. The van der Waals surface area contributed by atoms with Crippen LogP contribution in [0.1, 0.15) is 30.4 Å². The molecule has 0 radical (unpaired) electrons. The van der Waals surface area contributed by atoms with Crippen molar-refractivity contribution >= 4 is 23.5 Å². The van der Waals surface area contributed by atoms with Gasteiger partial charge in [-0.25, -0.2) is 9.37 Å². The van der Waals surface area contributed by atoms with E-state index in [9.17, 15) is 14.0 Å². The number of hydrogen-bond acceptors (Lipinski definition) is 4. The number of hydrogen-bond donors (Lipinski definition) is 2. The normalized spacial score (nSPS) is 17.0. The molecule has 0 aliphatic carbocycles. The molecule has 1 aliphatic rings. The molecule has 2 aromatic rings. The highest BCUT2D eigenvalue weighted by Crippen LogP contribution is 2.35. The van der Waals surface area contributed by atoms with Crippen LogP contribution in [-0.2, 0) is 4.79 Å². The van der Waals surface area contributed by atoms with Crippen LogP contribution >= 0.6 is 11.8 Å². The average molecular weight is 319 g/mol. The number of thioether (sulfide) groups is 1. The van der Waals surface area contributed by atoms with Gasteiger partial charge in [-0.15, -0.1) is 0 Å². The number of nitrogens with zero attached hydrogens (tertiary/aromatic N) is 1. The Morgan fingerprint density at radius 2 is 2.14 bits per heavy atom. The number of halogens is 1. The molecule has 0 unspecified atom stereocenters. The number of fused-ring (bicyclic) bond motifs is 1. The van der Waals surface area contributed by atoms with Crippen LogP contribution < -0.4 is 10.9 Å². The summed E-state index contributed by atoms with van der Waals surface area (Å²) in [7, 11) is 0. The second kappa shape index (κ2) is 5.92. The first-order valence-corrected chi connectivity index (χ1v) is 7.90. The van der Waals surface area contributed by atoms with Gasteiger partial charge in [-0.3, -0.25) is 9.59 Å². The lowest BCUT2D eigenvalue weighted by Gasteiger charge is -2.24. The molecule has 0 fully saturated rings. The maximum absolute atomic E-state index is 14.1. The summed E-state index contributed by atoms with van der Waals surface area (Å²) in [4.78, 5) is 31.3. The Bertz CT molecular complexity index is 791. The van der Waals surface area contributed by atoms with E-state index in [2.05, 4.69) is 15.3 Å². The first-order chi connectivity index (χ1) is 10.6. The number of carbonyl (C=O) groups is 1. The summed E-state index contributed by atoms with van der Waals surface area (Å²) in [5, 5.41) is 3.06. The van der Waals surface area contributed by atoms with E-state index in [1.54, 1.807) is 18.2 Å². The summed E-state index contributed by atoms with van der Waals surface area (Å²) >= 11 is 1.37. The molecule has 0 saturated carbocycles. The van der Waals surface area contributed by atoms with Crippen molar-refractivity contribution < 1.29 is 9.18 Å². The van der Waals surface area contributed by atoms with Gasteiger partial charge in [-0.05, 0) is 17.4 Å². The Kier molecular flexibility index (Phi) is 3.98. The highest BCUT2D eigenvalue weighted by molar-refractivity contribution is 7.99. The fraction of sp³-hybridized carbons (Fsp3) is 0.267. The zero-order valence-corrected chi connectivity index (χ0v) is 12.7. The number of aromatic nitrogens is 2. The van der Waals surface area contributed by atoms with E-state index in [1.807, 2.05) is 6.92 Å². The molecular weight excluding hydrogens is 305 g/mol. The topological polar surface area (TPSA) is 74.8 Å². The van der Waals surface area contributed by atoms with Gasteiger partial charge in [0.2, 0.25) is 5.91 Å². The predicted molar refractivity (Wildman–Crippen MR) is 82.7 cm³/mol. The van der Waals surface area contributed by atoms with Gasteiger partial charge in [0, 0.05) is 12.3 Å².